The molecule has 6 nitrogen and oxygen atoms in total. The van der Waals surface area contributed by atoms with E-state index in [1.807, 2.05) is 6.07 Å². The van der Waals surface area contributed by atoms with Gasteiger partial charge in [0.2, 0.25) is 0 Å². The van der Waals surface area contributed by atoms with Gasteiger partial charge in [-0.05, 0) is 13.0 Å². The van der Waals surface area contributed by atoms with Crippen molar-refractivity contribution in [1.29, 1.82) is 5.26 Å². The molecule has 0 bridgehead atoms. The van der Waals surface area contributed by atoms with Crippen LogP contribution in [0.25, 0.3) is 5.52 Å². The minimum atomic E-state index is -0.983. The molecule has 16 heavy (non-hydrogen) atoms. The molecule has 1 N–H and O–H groups in total. The predicted molar refractivity (Wildman–Crippen MR) is 53.8 cm³/mol. The molecule has 2 heterocycles. The lowest BCUT2D eigenvalue weighted by molar-refractivity contribution is -0.136. The van der Waals surface area contributed by atoms with Crippen LogP contribution in [0.4, 0.5) is 0 Å². The van der Waals surface area contributed by atoms with Crippen molar-refractivity contribution in [1.82, 2.24) is 14.6 Å². The Kier molecular flexibility index (Phi) is 2.29. The molecule has 0 amide bonds. The summed E-state index contributed by atoms with van der Waals surface area (Å²) in [6.07, 6.45) is 1.07. The van der Waals surface area contributed by atoms with Gasteiger partial charge in [-0.1, -0.05) is 0 Å². The standard InChI is InChI=1S/C10H8N4O2/c1-6-2-7(4-11)10-8(3-9(15)16)12-5-13-14(6)10/h2,5H,3H2,1H3,(H,15,16). The molecule has 0 radical (unpaired) electrons. The van der Waals surface area contributed by atoms with Crippen LogP contribution in [-0.4, -0.2) is 25.7 Å². The van der Waals surface area contributed by atoms with E-state index in [9.17, 15) is 4.79 Å². The molecule has 2 rings (SSSR count). The number of carboxylic acid groups (broad SMARTS) is 1. The molecule has 0 aromatic carbocycles. The number of nitriles is 1. The molecule has 0 aliphatic carbocycles. The quantitative estimate of drug-likeness (QED) is 0.790. The van der Waals surface area contributed by atoms with Gasteiger partial charge in [-0.15, -0.1) is 0 Å². The third kappa shape index (κ3) is 1.48. The van der Waals surface area contributed by atoms with Crippen LogP contribution in [0.5, 0.6) is 0 Å². The van der Waals surface area contributed by atoms with Gasteiger partial charge < -0.3 is 5.11 Å². The van der Waals surface area contributed by atoms with Crippen LogP contribution in [0.3, 0.4) is 0 Å². The maximum absolute atomic E-state index is 10.7. The molecule has 0 unspecified atom stereocenters. The van der Waals surface area contributed by atoms with Crippen molar-refractivity contribution in [2.75, 3.05) is 0 Å². The largest absolute Gasteiger partial charge is 0.481 e. The summed E-state index contributed by atoms with van der Waals surface area (Å²) in [6, 6.07) is 3.67. The molecule has 2 aromatic rings. The van der Waals surface area contributed by atoms with Crippen molar-refractivity contribution < 1.29 is 9.90 Å². The van der Waals surface area contributed by atoms with E-state index in [1.165, 1.54) is 10.8 Å². The van der Waals surface area contributed by atoms with E-state index in [-0.39, 0.29) is 6.42 Å². The number of aryl methyl sites for hydroxylation is 1. The topological polar surface area (TPSA) is 91.3 Å². The molecule has 0 aliphatic heterocycles. The highest BCUT2D eigenvalue weighted by Crippen LogP contribution is 2.17. The van der Waals surface area contributed by atoms with E-state index in [0.29, 0.717) is 16.8 Å². The van der Waals surface area contributed by atoms with Gasteiger partial charge in [0.1, 0.15) is 17.9 Å². The molecule has 0 saturated heterocycles. The first kappa shape index (κ1) is 10.1. The maximum Gasteiger partial charge on any atom is 0.309 e. The van der Waals surface area contributed by atoms with Gasteiger partial charge in [-0.2, -0.15) is 10.4 Å². The van der Waals surface area contributed by atoms with Gasteiger partial charge in [0.05, 0.1) is 17.7 Å². The third-order valence-corrected chi connectivity index (χ3v) is 2.25. The molecule has 6 heteroatoms. The minimum Gasteiger partial charge on any atom is -0.481 e. The summed E-state index contributed by atoms with van der Waals surface area (Å²) in [7, 11) is 0. The second-order valence-electron chi connectivity index (χ2n) is 3.35. The average molecular weight is 216 g/mol. The first-order valence-corrected chi connectivity index (χ1v) is 4.57. The van der Waals surface area contributed by atoms with Gasteiger partial charge in [0.15, 0.2) is 0 Å². The summed E-state index contributed by atoms with van der Waals surface area (Å²) in [4.78, 5) is 14.6. The summed E-state index contributed by atoms with van der Waals surface area (Å²) >= 11 is 0. The lowest BCUT2D eigenvalue weighted by Gasteiger charge is -2.01. The van der Waals surface area contributed by atoms with Crippen molar-refractivity contribution in [3.8, 4) is 6.07 Å². The van der Waals surface area contributed by atoms with Crippen LogP contribution in [0, 0.1) is 18.3 Å². The lowest BCUT2D eigenvalue weighted by atomic mass is 10.2. The Morgan fingerprint density at radius 2 is 2.44 bits per heavy atom. The first-order valence-electron chi connectivity index (χ1n) is 4.57. The minimum absolute atomic E-state index is 0.218. The molecular formula is C10H8N4O2. The Hall–Kier alpha value is -2.42. The van der Waals surface area contributed by atoms with Gasteiger partial charge in [-0.3, -0.25) is 4.79 Å². The van der Waals surface area contributed by atoms with E-state index < -0.39 is 5.97 Å². The van der Waals surface area contributed by atoms with Crippen LogP contribution in [-0.2, 0) is 11.2 Å². The molecule has 0 fully saturated rings. The van der Waals surface area contributed by atoms with Crippen molar-refractivity contribution in [3.05, 3.63) is 29.3 Å². The van der Waals surface area contributed by atoms with Crippen molar-refractivity contribution in [3.63, 3.8) is 0 Å². The monoisotopic (exact) mass is 216 g/mol. The summed E-state index contributed by atoms with van der Waals surface area (Å²) in [5.41, 5.74) is 2.01. The molecule has 2 aromatic heterocycles. The zero-order valence-corrected chi connectivity index (χ0v) is 8.51. The molecule has 0 aliphatic rings. The lowest BCUT2D eigenvalue weighted by Crippen LogP contribution is -2.07. The fourth-order valence-corrected chi connectivity index (χ4v) is 1.62. The highest BCUT2D eigenvalue weighted by molar-refractivity contribution is 5.75. The number of rotatable bonds is 2. The van der Waals surface area contributed by atoms with Crippen molar-refractivity contribution in [2.24, 2.45) is 0 Å². The number of aromatic nitrogens is 3. The Morgan fingerprint density at radius 3 is 3.06 bits per heavy atom. The second-order valence-corrected chi connectivity index (χ2v) is 3.35. The van der Waals surface area contributed by atoms with E-state index in [1.54, 1.807) is 13.0 Å². The smallest absolute Gasteiger partial charge is 0.309 e. The third-order valence-electron chi connectivity index (χ3n) is 2.25. The Balaban J connectivity index is 2.75. The fourth-order valence-electron chi connectivity index (χ4n) is 1.62. The molecule has 0 spiro atoms. The number of hydrogen-bond donors (Lipinski definition) is 1. The summed E-state index contributed by atoms with van der Waals surface area (Å²) in [5.74, 6) is -0.983. The van der Waals surface area contributed by atoms with Gasteiger partial charge >= 0.3 is 5.97 Å². The Labute approximate surface area is 90.8 Å². The molecule has 0 atom stereocenters. The van der Waals surface area contributed by atoms with Crippen LogP contribution < -0.4 is 0 Å². The first-order chi connectivity index (χ1) is 7.63. The van der Waals surface area contributed by atoms with Crippen LogP contribution in [0.15, 0.2) is 12.4 Å². The van der Waals surface area contributed by atoms with Gasteiger partial charge in [-0.25, -0.2) is 9.50 Å². The highest BCUT2D eigenvalue weighted by atomic mass is 16.4. The fraction of sp³-hybridized carbons (Fsp3) is 0.200. The SMILES string of the molecule is Cc1cc(C#N)c2c(CC(=O)O)ncnn12. The predicted octanol–water partition coefficient (Wildman–Crippen LogP) is 0.536. The molecule has 0 saturated carbocycles. The van der Waals surface area contributed by atoms with E-state index in [4.69, 9.17) is 10.4 Å². The number of carbonyl (C=O) groups is 1. The summed E-state index contributed by atoms with van der Waals surface area (Å²) in [6.45, 7) is 1.80. The maximum atomic E-state index is 10.7. The van der Waals surface area contributed by atoms with Gasteiger partial charge in [0, 0.05) is 5.69 Å². The average Bonchev–Trinajstić information content (AvgIpc) is 2.56. The number of nitrogens with zero attached hydrogens (tertiary/aromatic N) is 4. The zero-order chi connectivity index (χ0) is 11.7. The van der Waals surface area contributed by atoms with E-state index in [0.717, 1.165) is 5.69 Å². The van der Waals surface area contributed by atoms with Crippen LogP contribution in [0.2, 0.25) is 0 Å². The molecule has 80 valence electrons. The van der Waals surface area contributed by atoms with E-state index >= 15 is 0 Å². The highest BCUT2D eigenvalue weighted by Gasteiger charge is 2.14. The van der Waals surface area contributed by atoms with Crippen LogP contribution >= 0.6 is 0 Å². The van der Waals surface area contributed by atoms with Crippen molar-refractivity contribution in [2.45, 2.75) is 13.3 Å². The molecular weight excluding hydrogens is 208 g/mol. The second kappa shape index (κ2) is 3.62. The Morgan fingerprint density at radius 1 is 1.69 bits per heavy atom. The number of hydrogen-bond acceptors (Lipinski definition) is 4. The number of aliphatic carboxylic acids is 1. The van der Waals surface area contributed by atoms with Crippen molar-refractivity contribution >= 4 is 11.5 Å². The number of fused-ring (bicyclic) bond motifs is 1. The zero-order valence-electron chi connectivity index (χ0n) is 8.51. The summed E-state index contributed by atoms with van der Waals surface area (Å²) < 4.78 is 1.53. The van der Waals surface area contributed by atoms with E-state index in [2.05, 4.69) is 10.1 Å². The summed E-state index contributed by atoms with van der Waals surface area (Å²) in [5, 5.41) is 21.7. The normalized spacial score (nSPS) is 10.2. The van der Waals surface area contributed by atoms with Crippen LogP contribution in [0.1, 0.15) is 17.0 Å². The number of carboxylic acids is 1. The Bertz CT molecular complexity index is 609. The van der Waals surface area contributed by atoms with Gasteiger partial charge in [0.25, 0.3) is 0 Å².